The first-order valence-electron chi connectivity index (χ1n) is 9.17. The predicted octanol–water partition coefficient (Wildman–Crippen LogP) is 4.15. The molecule has 2 aromatic carbocycles. The minimum Gasteiger partial charge on any atom is -0.493 e. The van der Waals surface area contributed by atoms with E-state index in [0.717, 1.165) is 0 Å². The number of nitrogens with one attached hydrogen (secondary N) is 1. The molecule has 0 radical (unpaired) electrons. The second-order valence-electron chi connectivity index (χ2n) is 5.62. The Bertz CT molecular complexity index is 778. The Kier molecular flexibility index (Phi) is 7.80. The molecular weight excluding hydrogens is 362 g/mol. The number of hydrogen-bond donors (Lipinski definition) is 1. The van der Waals surface area contributed by atoms with E-state index in [0.29, 0.717) is 59.8 Å². The van der Waals surface area contributed by atoms with E-state index in [9.17, 15) is 4.79 Å². The van der Waals surface area contributed by atoms with Crippen LogP contribution in [0.5, 0.6) is 28.7 Å². The van der Waals surface area contributed by atoms with Gasteiger partial charge in [0.25, 0.3) is 5.91 Å². The zero-order valence-corrected chi connectivity index (χ0v) is 17.0. The molecule has 1 amide bonds. The molecule has 0 aliphatic rings. The van der Waals surface area contributed by atoms with E-state index in [-0.39, 0.29) is 5.91 Å². The number of amides is 1. The second-order valence-corrected chi connectivity index (χ2v) is 5.62. The number of methoxy groups -OCH3 is 2. The van der Waals surface area contributed by atoms with Gasteiger partial charge < -0.3 is 29.0 Å². The van der Waals surface area contributed by atoms with Crippen LogP contribution in [0.2, 0.25) is 0 Å². The van der Waals surface area contributed by atoms with E-state index in [1.807, 2.05) is 20.8 Å². The first-order chi connectivity index (χ1) is 13.6. The van der Waals surface area contributed by atoms with Crippen LogP contribution < -0.4 is 29.0 Å². The summed E-state index contributed by atoms with van der Waals surface area (Å²) in [5.41, 5.74) is 0.970. The molecule has 7 heteroatoms. The Morgan fingerprint density at radius 2 is 1.36 bits per heavy atom. The van der Waals surface area contributed by atoms with Gasteiger partial charge in [0.15, 0.2) is 23.0 Å². The Labute approximate surface area is 165 Å². The lowest BCUT2D eigenvalue weighted by atomic mass is 10.1. The zero-order valence-electron chi connectivity index (χ0n) is 17.0. The molecule has 0 bridgehead atoms. The van der Waals surface area contributed by atoms with Gasteiger partial charge in [-0.2, -0.15) is 0 Å². The summed E-state index contributed by atoms with van der Waals surface area (Å²) < 4.78 is 27.5. The molecule has 0 heterocycles. The third kappa shape index (κ3) is 5.00. The molecule has 2 aromatic rings. The Balaban J connectivity index is 2.36. The van der Waals surface area contributed by atoms with Gasteiger partial charge in [0.2, 0.25) is 5.75 Å². The fourth-order valence-corrected chi connectivity index (χ4v) is 2.64. The van der Waals surface area contributed by atoms with Gasteiger partial charge in [-0.05, 0) is 45.0 Å². The molecule has 0 saturated heterocycles. The van der Waals surface area contributed by atoms with Crippen LogP contribution in [0.15, 0.2) is 30.3 Å². The van der Waals surface area contributed by atoms with Crippen molar-refractivity contribution >= 4 is 11.6 Å². The average molecular weight is 389 g/mol. The zero-order chi connectivity index (χ0) is 20.5. The summed E-state index contributed by atoms with van der Waals surface area (Å²) in [7, 11) is 3.10. The molecule has 0 atom stereocenters. The standard InChI is InChI=1S/C21H27NO6/c1-6-26-18-11-14(12-19(27-7-2)20(18)28-8-3)21(23)22-15-9-10-16(24-4)17(13-15)25-5/h9-13H,6-8H2,1-5H3,(H,22,23). The number of benzene rings is 2. The molecule has 0 spiro atoms. The molecule has 1 N–H and O–H groups in total. The SMILES string of the molecule is CCOc1cc(C(=O)Nc2ccc(OC)c(OC)c2)cc(OCC)c1OCC. The van der Waals surface area contributed by atoms with Crippen molar-refractivity contribution in [1.29, 1.82) is 0 Å². The highest BCUT2D eigenvalue weighted by atomic mass is 16.5. The third-order valence-electron chi connectivity index (χ3n) is 3.81. The van der Waals surface area contributed by atoms with Crippen molar-refractivity contribution in [3.63, 3.8) is 0 Å². The quantitative estimate of drug-likeness (QED) is 0.658. The largest absolute Gasteiger partial charge is 0.493 e. The number of hydrogen-bond acceptors (Lipinski definition) is 6. The molecule has 0 saturated carbocycles. The Morgan fingerprint density at radius 3 is 1.86 bits per heavy atom. The van der Waals surface area contributed by atoms with Crippen LogP contribution in [-0.4, -0.2) is 39.9 Å². The van der Waals surface area contributed by atoms with Crippen LogP contribution >= 0.6 is 0 Å². The number of rotatable bonds is 10. The summed E-state index contributed by atoms with van der Waals surface area (Å²) >= 11 is 0. The van der Waals surface area contributed by atoms with Gasteiger partial charge in [-0.3, -0.25) is 4.79 Å². The summed E-state index contributed by atoms with van der Waals surface area (Å²) in [6.45, 7) is 6.94. The van der Waals surface area contributed by atoms with Crippen molar-refractivity contribution < 1.29 is 28.5 Å². The van der Waals surface area contributed by atoms with Gasteiger partial charge in [0, 0.05) is 17.3 Å². The summed E-state index contributed by atoms with van der Waals surface area (Å²) in [6.07, 6.45) is 0. The summed E-state index contributed by atoms with van der Waals surface area (Å²) in [5, 5.41) is 2.85. The molecule has 7 nitrogen and oxygen atoms in total. The topological polar surface area (TPSA) is 75.3 Å². The van der Waals surface area contributed by atoms with Crippen molar-refractivity contribution in [2.75, 3.05) is 39.4 Å². The van der Waals surface area contributed by atoms with E-state index in [4.69, 9.17) is 23.7 Å². The highest BCUT2D eigenvalue weighted by Gasteiger charge is 2.19. The molecule has 0 aliphatic heterocycles. The normalized spacial score (nSPS) is 10.2. The first-order valence-corrected chi connectivity index (χ1v) is 9.17. The fourth-order valence-electron chi connectivity index (χ4n) is 2.64. The van der Waals surface area contributed by atoms with Gasteiger partial charge in [0.1, 0.15) is 0 Å². The monoisotopic (exact) mass is 389 g/mol. The maximum Gasteiger partial charge on any atom is 0.255 e. The lowest BCUT2D eigenvalue weighted by molar-refractivity contribution is 0.102. The van der Waals surface area contributed by atoms with E-state index < -0.39 is 0 Å². The number of carbonyl (C=O) groups excluding carboxylic acids is 1. The third-order valence-corrected chi connectivity index (χ3v) is 3.81. The molecule has 2 rings (SSSR count). The smallest absolute Gasteiger partial charge is 0.255 e. The summed E-state index contributed by atoms with van der Waals surface area (Å²) in [6, 6.07) is 8.45. The lowest BCUT2D eigenvalue weighted by Crippen LogP contribution is -2.13. The molecule has 0 aliphatic carbocycles. The van der Waals surface area contributed by atoms with Crippen LogP contribution in [0.1, 0.15) is 31.1 Å². The van der Waals surface area contributed by atoms with Crippen LogP contribution in [-0.2, 0) is 0 Å². The highest BCUT2D eigenvalue weighted by Crippen LogP contribution is 2.39. The lowest BCUT2D eigenvalue weighted by Gasteiger charge is -2.17. The Hall–Kier alpha value is -3.09. The van der Waals surface area contributed by atoms with Crippen molar-refractivity contribution in [3.8, 4) is 28.7 Å². The van der Waals surface area contributed by atoms with Gasteiger partial charge in [-0.15, -0.1) is 0 Å². The van der Waals surface area contributed by atoms with Crippen molar-refractivity contribution in [1.82, 2.24) is 0 Å². The van der Waals surface area contributed by atoms with Gasteiger partial charge in [0.05, 0.1) is 34.0 Å². The Morgan fingerprint density at radius 1 is 0.786 bits per heavy atom. The minimum atomic E-state index is -0.308. The second kappa shape index (κ2) is 10.3. The van der Waals surface area contributed by atoms with Gasteiger partial charge >= 0.3 is 0 Å². The molecule has 0 fully saturated rings. The average Bonchev–Trinajstić information content (AvgIpc) is 2.70. The molecule has 0 aromatic heterocycles. The highest BCUT2D eigenvalue weighted by molar-refractivity contribution is 6.05. The summed E-state index contributed by atoms with van der Waals surface area (Å²) in [4.78, 5) is 12.8. The number of carbonyl (C=O) groups is 1. The first kappa shape index (κ1) is 21.2. The fraction of sp³-hybridized carbons (Fsp3) is 0.381. The van der Waals surface area contributed by atoms with Crippen LogP contribution in [0.3, 0.4) is 0 Å². The van der Waals surface area contributed by atoms with Crippen LogP contribution in [0, 0.1) is 0 Å². The van der Waals surface area contributed by atoms with Gasteiger partial charge in [-0.1, -0.05) is 0 Å². The van der Waals surface area contributed by atoms with Gasteiger partial charge in [-0.25, -0.2) is 0 Å². The number of ether oxygens (including phenoxy) is 5. The van der Waals surface area contributed by atoms with E-state index >= 15 is 0 Å². The molecule has 0 unspecified atom stereocenters. The maximum absolute atomic E-state index is 12.8. The predicted molar refractivity (Wildman–Crippen MR) is 107 cm³/mol. The minimum absolute atomic E-state index is 0.308. The van der Waals surface area contributed by atoms with Crippen molar-refractivity contribution in [2.24, 2.45) is 0 Å². The van der Waals surface area contributed by atoms with E-state index in [1.165, 1.54) is 0 Å². The summed E-state index contributed by atoms with van der Waals surface area (Å²) in [5.74, 6) is 2.22. The van der Waals surface area contributed by atoms with E-state index in [2.05, 4.69) is 5.32 Å². The van der Waals surface area contributed by atoms with E-state index in [1.54, 1.807) is 44.6 Å². The molecule has 152 valence electrons. The van der Waals surface area contributed by atoms with Crippen molar-refractivity contribution in [2.45, 2.75) is 20.8 Å². The number of anilines is 1. The van der Waals surface area contributed by atoms with Crippen LogP contribution in [0.25, 0.3) is 0 Å². The molecular formula is C21H27NO6. The molecule has 28 heavy (non-hydrogen) atoms. The van der Waals surface area contributed by atoms with Crippen LogP contribution in [0.4, 0.5) is 5.69 Å². The van der Waals surface area contributed by atoms with Crippen molar-refractivity contribution in [3.05, 3.63) is 35.9 Å². The maximum atomic E-state index is 12.8.